The lowest BCUT2D eigenvalue weighted by molar-refractivity contribution is 0.173. The van der Waals surface area contributed by atoms with E-state index in [1.165, 1.54) is 17.7 Å². The summed E-state index contributed by atoms with van der Waals surface area (Å²) in [5.74, 6) is 0.537. The molecule has 0 bridgehead atoms. The second-order valence-electron chi connectivity index (χ2n) is 6.97. The molecule has 7 heteroatoms. The zero-order valence-corrected chi connectivity index (χ0v) is 17.4. The van der Waals surface area contributed by atoms with Crippen molar-refractivity contribution in [3.8, 4) is 0 Å². The van der Waals surface area contributed by atoms with Gasteiger partial charge < -0.3 is 0 Å². The first kappa shape index (κ1) is 20.6. The maximum atomic E-state index is 12.4. The van der Waals surface area contributed by atoms with Crippen LogP contribution in [-0.2, 0) is 16.6 Å². The molecule has 0 unspecified atom stereocenters. The Morgan fingerprint density at radius 3 is 2.44 bits per heavy atom. The van der Waals surface area contributed by atoms with E-state index in [2.05, 4.69) is 33.9 Å². The van der Waals surface area contributed by atoms with E-state index in [-0.39, 0.29) is 9.92 Å². The fourth-order valence-corrected chi connectivity index (χ4v) is 5.24. The predicted octanol–water partition coefficient (Wildman–Crippen LogP) is 4.57. The second-order valence-corrected chi connectivity index (χ2v) is 9.55. The van der Waals surface area contributed by atoms with Crippen molar-refractivity contribution >= 4 is 33.2 Å². The Bertz CT molecular complexity index is 852. The molecule has 3 rings (SSSR count). The maximum absolute atomic E-state index is 12.4. The Balaban J connectivity index is 1.44. The molecule has 0 spiro atoms. The van der Waals surface area contributed by atoms with E-state index >= 15 is 0 Å². The summed E-state index contributed by atoms with van der Waals surface area (Å²) in [6.07, 6.45) is 3.01. The molecule has 0 aromatic heterocycles. The van der Waals surface area contributed by atoms with Crippen LogP contribution in [0, 0.1) is 5.92 Å². The monoisotopic (exact) mass is 426 g/mol. The molecule has 1 heterocycles. The van der Waals surface area contributed by atoms with Crippen LogP contribution in [0.15, 0.2) is 53.4 Å². The normalized spacial score (nSPS) is 16.5. The average Bonchev–Trinajstić information content (AvgIpc) is 2.66. The van der Waals surface area contributed by atoms with Crippen LogP contribution in [0.1, 0.15) is 24.8 Å². The molecule has 1 aliphatic rings. The van der Waals surface area contributed by atoms with Crippen molar-refractivity contribution in [3.05, 3.63) is 64.1 Å². The van der Waals surface area contributed by atoms with Gasteiger partial charge in [0.2, 0.25) is 10.0 Å². The van der Waals surface area contributed by atoms with Crippen molar-refractivity contribution in [1.82, 2.24) is 9.62 Å². The van der Waals surface area contributed by atoms with Crippen molar-refractivity contribution in [3.63, 3.8) is 0 Å². The number of benzene rings is 2. The molecular weight excluding hydrogens is 403 g/mol. The minimum Gasteiger partial charge on any atom is -0.299 e. The standard InChI is InChI=1S/C20H24Cl2N2O2S/c21-18-6-7-19(22)20(14-18)27(25,26)23-11-8-16-9-12-24(13-10-16)15-17-4-2-1-3-5-17/h1-7,14,16,23H,8-13,15H2. The van der Waals surface area contributed by atoms with Gasteiger partial charge >= 0.3 is 0 Å². The molecule has 27 heavy (non-hydrogen) atoms. The molecule has 0 aliphatic carbocycles. The zero-order chi connectivity index (χ0) is 19.3. The lowest BCUT2D eigenvalue weighted by Gasteiger charge is -2.32. The van der Waals surface area contributed by atoms with Gasteiger partial charge in [-0.15, -0.1) is 0 Å². The van der Waals surface area contributed by atoms with Gasteiger partial charge in [0, 0.05) is 18.1 Å². The third kappa shape index (κ3) is 5.93. The minimum atomic E-state index is -3.64. The van der Waals surface area contributed by atoms with Crippen LogP contribution in [-0.4, -0.2) is 33.0 Å². The number of rotatable bonds is 7. The Kier molecular flexibility index (Phi) is 7.17. The lowest BCUT2D eigenvalue weighted by atomic mass is 9.93. The Hall–Kier alpha value is -1.11. The number of likely N-dealkylation sites (tertiary alicyclic amines) is 1. The number of hydrogen-bond acceptors (Lipinski definition) is 3. The van der Waals surface area contributed by atoms with E-state index < -0.39 is 10.0 Å². The van der Waals surface area contributed by atoms with Gasteiger partial charge in [0.25, 0.3) is 0 Å². The zero-order valence-electron chi connectivity index (χ0n) is 15.1. The van der Waals surface area contributed by atoms with Gasteiger partial charge in [0.1, 0.15) is 4.90 Å². The largest absolute Gasteiger partial charge is 0.299 e. The van der Waals surface area contributed by atoms with Crippen LogP contribution >= 0.6 is 23.2 Å². The number of nitrogens with zero attached hydrogens (tertiary/aromatic N) is 1. The molecule has 0 atom stereocenters. The fraction of sp³-hybridized carbons (Fsp3) is 0.400. The van der Waals surface area contributed by atoms with E-state index in [0.29, 0.717) is 17.5 Å². The minimum absolute atomic E-state index is 0.0364. The molecule has 0 amide bonds. The molecule has 0 radical (unpaired) electrons. The van der Waals surface area contributed by atoms with Crippen LogP contribution in [0.2, 0.25) is 10.0 Å². The number of halogens is 2. The summed E-state index contributed by atoms with van der Waals surface area (Å²) in [6, 6.07) is 14.9. The summed E-state index contributed by atoms with van der Waals surface area (Å²) in [5, 5.41) is 0.534. The van der Waals surface area contributed by atoms with E-state index in [4.69, 9.17) is 23.2 Å². The Morgan fingerprint density at radius 1 is 1.04 bits per heavy atom. The summed E-state index contributed by atoms with van der Waals surface area (Å²) < 4.78 is 27.5. The number of piperidine rings is 1. The van der Waals surface area contributed by atoms with E-state index in [1.54, 1.807) is 6.07 Å². The highest BCUT2D eigenvalue weighted by molar-refractivity contribution is 7.89. The highest BCUT2D eigenvalue weighted by atomic mass is 35.5. The second kappa shape index (κ2) is 9.39. The topological polar surface area (TPSA) is 49.4 Å². The highest BCUT2D eigenvalue weighted by Crippen LogP contribution is 2.25. The first-order chi connectivity index (χ1) is 12.9. The molecule has 1 aliphatic heterocycles. The molecule has 2 aromatic carbocycles. The average molecular weight is 427 g/mol. The number of sulfonamides is 1. The van der Waals surface area contributed by atoms with E-state index in [0.717, 1.165) is 38.9 Å². The highest BCUT2D eigenvalue weighted by Gasteiger charge is 2.21. The SMILES string of the molecule is O=S(=O)(NCCC1CCN(Cc2ccccc2)CC1)c1cc(Cl)ccc1Cl. The van der Waals surface area contributed by atoms with Gasteiger partial charge in [-0.05, 0) is 62.0 Å². The summed E-state index contributed by atoms with van der Waals surface area (Å²) >= 11 is 11.9. The summed E-state index contributed by atoms with van der Waals surface area (Å²) in [5.41, 5.74) is 1.34. The van der Waals surface area contributed by atoms with Crippen molar-refractivity contribution in [2.45, 2.75) is 30.7 Å². The quantitative estimate of drug-likeness (QED) is 0.704. The van der Waals surface area contributed by atoms with Gasteiger partial charge in [0.15, 0.2) is 0 Å². The molecule has 4 nitrogen and oxygen atoms in total. The Labute approximate surface area is 171 Å². The van der Waals surface area contributed by atoms with Gasteiger partial charge in [-0.1, -0.05) is 53.5 Å². The third-order valence-electron chi connectivity index (χ3n) is 4.98. The first-order valence-corrected chi connectivity index (χ1v) is 11.4. The first-order valence-electron chi connectivity index (χ1n) is 9.15. The van der Waals surface area contributed by atoms with E-state index in [1.807, 2.05) is 6.07 Å². The van der Waals surface area contributed by atoms with Crippen LogP contribution < -0.4 is 4.72 Å². The van der Waals surface area contributed by atoms with Crippen LogP contribution in [0.25, 0.3) is 0 Å². The molecule has 1 N–H and O–H groups in total. The smallest absolute Gasteiger partial charge is 0.242 e. The molecule has 1 fully saturated rings. The molecule has 146 valence electrons. The van der Waals surface area contributed by atoms with Crippen LogP contribution in [0.5, 0.6) is 0 Å². The molecular formula is C20H24Cl2N2O2S. The van der Waals surface area contributed by atoms with Crippen molar-refractivity contribution < 1.29 is 8.42 Å². The summed E-state index contributed by atoms with van der Waals surface area (Å²) in [4.78, 5) is 2.50. The summed E-state index contributed by atoms with van der Waals surface area (Å²) in [6.45, 7) is 3.49. The van der Waals surface area contributed by atoms with Gasteiger partial charge in [-0.2, -0.15) is 0 Å². The molecule has 2 aromatic rings. The van der Waals surface area contributed by atoms with Crippen molar-refractivity contribution in [1.29, 1.82) is 0 Å². The number of hydrogen-bond donors (Lipinski definition) is 1. The van der Waals surface area contributed by atoms with Crippen molar-refractivity contribution in [2.24, 2.45) is 5.92 Å². The molecule has 0 saturated carbocycles. The fourth-order valence-electron chi connectivity index (χ4n) is 3.43. The summed E-state index contributed by atoms with van der Waals surface area (Å²) in [7, 11) is -3.64. The maximum Gasteiger partial charge on any atom is 0.242 e. The molecule has 1 saturated heterocycles. The predicted molar refractivity (Wildman–Crippen MR) is 111 cm³/mol. The van der Waals surface area contributed by atoms with Gasteiger partial charge in [-0.25, -0.2) is 13.1 Å². The third-order valence-corrected chi connectivity index (χ3v) is 7.16. The lowest BCUT2D eigenvalue weighted by Crippen LogP contribution is -2.34. The van der Waals surface area contributed by atoms with Gasteiger partial charge in [-0.3, -0.25) is 4.90 Å². The van der Waals surface area contributed by atoms with E-state index in [9.17, 15) is 8.42 Å². The van der Waals surface area contributed by atoms with Crippen LogP contribution in [0.3, 0.4) is 0 Å². The van der Waals surface area contributed by atoms with Crippen molar-refractivity contribution in [2.75, 3.05) is 19.6 Å². The van der Waals surface area contributed by atoms with Gasteiger partial charge in [0.05, 0.1) is 5.02 Å². The number of nitrogens with one attached hydrogen (secondary N) is 1. The Morgan fingerprint density at radius 2 is 1.74 bits per heavy atom. The van der Waals surface area contributed by atoms with Crippen LogP contribution in [0.4, 0.5) is 0 Å².